The van der Waals surface area contributed by atoms with Gasteiger partial charge >= 0.3 is 0 Å². The van der Waals surface area contributed by atoms with E-state index >= 15 is 0 Å². The summed E-state index contributed by atoms with van der Waals surface area (Å²) in [6.45, 7) is 5.77. The van der Waals surface area contributed by atoms with E-state index in [1.807, 2.05) is 31.3 Å². The van der Waals surface area contributed by atoms with E-state index in [1.54, 1.807) is 10.6 Å². The summed E-state index contributed by atoms with van der Waals surface area (Å²) in [7, 11) is -3.39. The molecule has 1 N–H and O–H groups in total. The molecule has 0 bridgehead atoms. The first-order valence-electron chi connectivity index (χ1n) is 11.3. The number of rotatable bonds is 8. The summed E-state index contributed by atoms with van der Waals surface area (Å²) in [5.41, 5.74) is 5.45. The minimum atomic E-state index is -3.39. The Morgan fingerprint density at radius 1 is 1.16 bits per heavy atom. The minimum absolute atomic E-state index is 0.158. The predicted molar refractivity (Wildman–Crippen MR) is 129 cm³/mol. The van der Waals surface area contributed by atoms with Crippen molar-refractivity contribution in [3.05, 3.63) is 83.4 Å². The van der Waals surface area contributed by atoms with Crippen LogP contribution in [0.2, 0.25) is 0 Å². The van der Waals surface area contributed by atoms with Crippen LogP contribution in [0.4, 0.5) is 5.69 Å². The number of aryl methyl sites for hydroxylation is 1. The van der Waals surface area contributed by atoms with Gasteiger partial charge in [-0.2, -0.15) is 4.31 Å². The van der Waals surface area contributed by atoms with Crippen molar-refractivity contribution in [3.8, 4) is 0 Å². The fraction of sp³-hybridized carbons (Fsp3) is 0.400. The second-order valence-electron chi connectivity index (χ2n) is 8.65. The van der Waals surface area contributed by atoms with Crippen LogP contribution in [0.5, 0.6) is 0 Å². The van der Waals surface area contributed by atoms with Crippen LogP contribution in [-0.4, -0.2) is 41.0 Å². The molecule has 0 radical (unpaired) electrons. The van der Waals surface area contributed by atoms with Gasteiger partial charge in [-0.1, -0.05) is 61.4 Å². The van der Waals surface area contributed by atoms with Crippen molar-refractivity contribution in [1.82, 2.24) is 14.3 Å². The Bertz CT molecular complexity index is 1110. The molecule has 0 spiro atoms. The molecule has 4 rings (SSSR count). The molecule has 170 valence electrons. The summed E-state index contributed by atoms with van der Waals surface area (Å²) in [5, 5.41) is 0. The second-order valence-corrected chi connectivity index (χ2v) is 10.7. The molecule has 32 heavy (non-hydrogen) atoms. The Morgan fingerprint density at radius 3 is 2.69 bits per heavy atom. The van der Waals surface area contributed by atoms with Crippen molar-refractivity contribution in [1.29, 1.82) is 0 Å². The normalized spacial score (nSPS) is 17.2. The summed E-state index contributed by atoms with van der Waals surface area (Å²) in [5.74, 6) is 0.191. The van der Waals surface area contributed by atoms with E-state index in [-0.39, 0.29) is 11.8 Å². The van der Waals surface area contributed by atoms with E-state index in [0.717, 1.165) is 34.5 Å². The van der Waals surface area contributed by atoms with Gasteiger partial charge in [0.2, 0.25) is 10.0 Å². The number of nitrogens with one attached hydrogen (secondary N) is 1. The molecule has 7 heteroatoms. The molecule has 3 aromatic rings. The first-order chi connectivity index (χ1) is 15.5. The van der Waals surface area contributed by atoms with E-state index in [2.05, 4.69) is 52.1 Å². The number of H-pyrrole nitrogens is 1. The average Bonchev–Trinajstić information content (AvgIpc) is 3.24. The highest BCUT2D eigenvalue weighted by Crippen LogP contribution is 2.32. The number of fused-ring (bicyclic) bond motifs is 1. The number of imidazole rings is 1. The summed E-state index contributed by atoms with van der Waals surface area (Å²) in [6, 6.07) is 16.4. The average molecular weight is 453 g/mol. The largest absolute Gasteiger partial charge is 0.364 e. The maximum atomic E-state index is 13.5. The van der Waals surface area contributed by atoms with Crippen LogP contribution < -0.4 is 4.90 Å². The van der Waals surface area contributed by atoms with Gasteiger partial charge in [0, 0.05) is 31.0 Å². The van der Waals surface area contributed by atoms with Crippen LogP contribution in [0.3, 0.4) is 0 Å². The smallest absolute Gasteiger partial charge is 0.214 e. The number of nitrogens with zero attached hydrogens (tertiary/aromatic N) is 3. The highest BCUT2D eigenvalue weighted by molar-refractivity contribution is 7.89. The molecule has 0 amide bonds. The highest BCUT2D eigenvalue weighted by Gasteiger charge is 2.35. The Morgan fingerprint density at radius 2 is 1.97 bits per heavy atom. The molecule has 2 heterocycles. The quantitative estimate of drug-likeness (QED) is 0.554. The van der Waals surface area contributed by atoms with Crippen LogP contribution in [0.25, 0.3) is 0 Å². The highest BCUT2D eigenvalue weighted by atomic mass is 32.2. The molecular formula is C25H32N4O2S. The maximum absolute atomic E-state index is 13.5. The van der Waals surface area contributed by atoms with Crippen LogP contribution >= 0.6 is 0 Å². The van der Waals surface area contributed by atoms with Crippen molar-refractivity contribution in [2.24, 2.45) is 0 Å². The molecule has 1 atom stereocenters. The molecule has 6 nitrogen and oxygen atoms in total. The number of benzene rings is 2. The summed E-state index contributed by atoms with van der Waals surface area (Å²) < 4.78 is 28.8. The van der Waals surface area contributed by atoms with E-state index in [0.29, 0.717) is 32.5 Å². The van der Waals surface area contributed by atoms with Crippen molar-refractivity contribution in [2.45, 2.75) is 52.2 Å². The van der Waals surface area contributed by atoms with E-state index in [9.17, 15) is 8.42 Å². The Labute approximate surface area is 191 Å². The summed E-state index contributed by atoms with van der Waals surface area (Å²) >= 11 is 0. The zero-order valence-electron chi connectivity index (χ0n) is 18.9. The third-order valence-electron chi connectivity index (χ3n) is 6.08. The molecule has 0 saturated carbocycles. The van der Waals surface area contributed by atoms with Gasteiger partial charge < -0.3 is 9.88 Å². The van der Waals surface area contributed by atoms with Gasteiger partial charge in [-0.15, -0.1) is 0 Å². The molecule has 1 aromatic heterocycles. The lowest BCUT2D eigenvalue weighted by Gasteiger charge is -2.32. The second kappa shape index (κ2) is 9.88. The number of aromatic amines is 1. The van der Waals surface area contributed by atoms with E-state index < -0.39 is 10.0 Å². The lowest BCUT2D eigenvalue weighted by Crippen LogP contribution is -2.46. The number of anilines is 1. The van der Waals surface area contributed by atoms with Gasteiger partial charge in [0.1, 0.15) is 0 Å². The number of unbranched alkanes of at least 4 members (excludes halogenated alkanes) is 1. The topological polar surface area (TPSA) is 69.3 Å². The zero-order chi connectivity index (χ0) is 22.6. The third kappa shape index (κ3) is 5.22. The third-order valence-corrected chi connectivity index (χ3v) is 8.03. The molecule has 0 saturated heterocycles. The van der Waals surface area contributed by atoms with Crippen molar-refractivity contribution in [2.75, 3.05) is 17.2 Å². The zero-order valence-corrected chi connectivity index (χ0v) is 19.7. The van der Waals surface area contributed by atoms with Crippen LogP contribution in [0, 0.1) is 6.92 Å². The van der Waals surface area contributed by atoms with Gasteiger partial charge in [0.05, 0.1) is 24.3 Å². The molecule has 1 aliphatic heterocycles. The van der Waals surface area contributed by atoms with Gasteiger partial charge in [-0.3, -0.25) is 0 Å². The van der Waals surface area contributed by atoms with Gasteiger partial charge in [0.15, 0.2) is 0 Å². The minimum Gasteiger partial charge on any atom is -0.364 e. The van der Waals surface area contributed by atoms with Crippen molar-refractivity contribution in [3.63, 3.8) is 0 Å². The van der Waals surface area contributed by atoms with Crippen LogP contribution in [0.1, 0.15) is 42.1 Å². The lowest BCUT2D eigenvalue weighted by molar-refractivity contribution is 0.317. The SMILES string of the molecule is CCCCS(=O)(=O)N1Cc2cc(C)ccc2N(Cc2cnc[nH]2)C[C@H]1Cc1ccccc1. The first-order valence-corrected chi connectivity index (χ1v) is 12.9. The summed E-state index contributed by atoms with van der Waals surface area (Å²) in [4.78, 5) is 9.66. The molecule has 0 unspecified atom stereocenters. The Hall–Kier alpha value is -2.64. The predicted octanol–water partition coefficient (Wildman–Crippen LogP) is 4.28. The number of hydrogen-bond acceptors (Lipinski definition) is 4. The number of hydrogen-bond donors (Lipinski definition) is 1. The van der Waals surface area contributed by atoms with Gasteiger partial charge in [0.25, 0.3) is 0 Å². The molecule has 0 fully saturated rings. The van der Waals surface area contributed by atoms with Crippen molar-refractivity contribution >= 4 is 15.7 Å². The van der Waals surface area contributed by atoms with Crippen LogP contribution in [-0.2, 0) is 29.5 Å². The maximum Gasteiger partial charge on any atom is 0.214 e. The Kier molecular flexibility index (Phi) is 6.96. The first kappa shape index (κ1) is 22.6. The van der Waals surface area contributed by atoms with E-state index in [4.69, 9.17) is 0 Å². The molecule has 1 aliphatic rings. The standard InChI is InChI=1S/C25H32N4O2S/c1-3-4-12-32(30,31)29-16-22-13-20(2)10-11-25(22)28(17-23-15-26-19-27-23)18-24(29)14-21-8-6-5-7-9-21/h5-11,13,15,19,24H,3-4,12,14,16-18H2,1-2H3,(H,26,27)/t24-/m1/s1. The molecule has 0 aliphatic carbocycles. The van der Waals surface area contributed by atoms with Crippen molar-refractivity contribution < 1.29 is 8.42 Å². The van der Waals surface area contributed by atoms with Crippen LogP contribution in [0.15, 0.2) is 61.1 Å². The summed E-state index contributed by atoms with van der Waals surface area (Å²) in [6.07, 6.45) is 5.74. The fourth-order valence-electron chi connectivity index (χ4n) is 4.44. The monoisotopic (exact) mass is 452 g/mol. The lowest BCUT2D eigenvalue weighted by atomic mass is 10.1. The molecule has 2 aromatic carbocycles. The van der Waals surface area contributed by atoms with Gasteiger partial charge in [-0.05, 0) is 37.0 Å². The van der Waals surface area contributed by atoms with Gasteiger partial charge in [-0.25, -0.2) is 13.4 Å². The number of aromatic nitrogens is 2. The number of sulfonamides is 1. The van der Waals surface area contributed by atoms with E-state index in [1.165, 1.54) is 0 Å². The molecular weight excluding hydrogens is 420 g/mol. The Balaban J connectivity index is 1.75. The fourth-order valence-corrected chi connectivity index (χ4v) is 6.26.